The van der Waals surface area contributed by atoms with Crippen molar-refractivity contribution in [3.8, 4) is 0 Å². The molecule has 5 heteroatoms. The summed E-state index contributed by atoms with van der Waals surface area (Å²) >= 11 is 3.41. The Bertz CT molecular complexity index is 394. The first-order valence-corrected chi connectivity index (χ1v) is 7.17. The molecule has 0 aromatic carbocycles. The van der Waals surface area contributed by atoms with E-state index in [-0.39, 0.29) is 24.8 Å². The third-order valence-corrected chi connectivity index (χ3v) is 4.16. The Morgan fingerprint density at radius 1 is 1.61 bits per heavy atom. The van der Waals surface area contributed by atoms with E-state index in [4.69, 9.17) is 4.42 Å². The first-order chi connectivity index (χ1) is 8.53. The lowest BCUT2D eigenvalue weighted by atomic mass is 9.81. The molecular formula is C13H18BrF2NO. The number of alkyl halides is 2. The maximum absolute atomic E-state index is 13.5. The van der Waals surface area contributed by atoms with Crippen LogP contribution in [0.1, 0.15) is 44.4 Å². The number of hydrogen-bond acceptors (Lipinski definition) is 2. The number of hydrogen-bond donors (Lipinski definition) is 1. The predicted octanol–water partition coefficient (Wildman–Crippen LogP) is 4.52. The van der Waals surface area contributed by atoms with Crippen LogP contribution in [0.25, 0.3) is 0 Å². The van der Waals surface area contributed by atoms with Crippen LogP contribution < -0.4 is 5.32 Å². The molecule has 0 bridgehead atoms. The largest absolute Gasteiger partial charge is 0.466 e. The fourth-order valence-corrected chi connectivity index (χ4v) is 3.16. The number of halogens is 3. The van der Waals surface area contributed by atoms with Crippen LogP contribution >= 0.6 is 15.9 Å². The summed E-state index contributed by atoms with van der Waals surface area (Å²) in [4.78, 5) is 0. The van der Waals surface area contributed by atoms with Crippen LogP contribution in [0.3, 0.4) is 0 Å². The number of furan rings is 1. The van der Waals surface area contributed by atoms with Gasteiger partial charge in [-0.3, -0.25) is 0 Å². The highest BCUT2D eigenvalue weighted by molar-refractivity contribution is 9.10. The lowest BCUT2D eigenvalue weighted by Gasteiger charge is -2.34. The van der Waals surface area contributed by atoms with Crippen LogP contribution in [-0.4, -0.2) is 12.5 Å². The Hall–Kier alpha value is -0.420. The second kappa shape index (κ2) is 5.70. The third kappa shape index (κ3) is 3.12. The molecule has 0 radical (unpaired) electrons. The molecule has 1 aromatic rings. The molecule has 0 amide bonds. The molecule has 1 fully saturated rings. The Morgan fingerprint density at radius 3 is 2.94 bits per heavy atom. The van der Waals surface area contributed by atoms with Gasteiger partial charge in [-0.25, -0.2) is 8.78 Å². The molecule has 0 saturated heterocycles. The molecule has 2 atom stereocenters. The molecule has 2 nitrogen and oxygen atoms in total. The molecule has 1 saturated carbocycles. The predicted molar refractivity (Wildman–Crippen MR) is 69.7 cm³/mol. The lowest BCUT2D eigenvalue weighted by molar-refractivity contribution is -0.0594. The zero-order chi connectivity index (χ0) is 13.2. The van der Waals surface area contributed by atoms with Crippen LogP contribution in [0, 0.1) is 5.92 Å². The molecular weight excluding hydrogens is 304 g/mol. The summed E-state index contributed by atoms with van der Waals surface area (Å²) in [6.07, 6.45) is 2.95. The first-order valence-electron chi connectivity index (χ1n) is 6.37. The van der Waals surface area contributed by atoms with Crippen LogP contribution in [0.15, 0.2) is 21.2 Å². The molecule has 18 heavy (non-hydrogen) atoms. The molecule has 2 unspecified atom stereocenters. The van der Waals surface area contributed by atoms with Gasteiger partial charge in [-0.15, -0.1) is 0 Å². The Balaban J connectivity index is 2.17. The second-order valence-corrected chi connectivity index (χ2v) is 5.73. The van der Waals surface area contributed by atoms with Crippen molar-refractivity contribution in [3.63, 3.8) is 0 Å². The summed E-state index contributed by atoms with van der Waals surface area (Å²) < 4.78 is 33.3. The highest BCUT2D eigenvalue weighted by Crippen LogP contribution is 2.43. The van der Waals surface area contributed by atoms with E-state index in [1.54, 1.807) is 12.3 Å². The Morgan fingerprint density at radius 2 is 2.39 bits per heavy atom. The van der Waals surface area contributed by atoms with Crippen molar-refractivity contribution in [1.29, 1.82) is 0 Å². The van der Waals surface area contributed by atoms with E-state index in [0.717, 1.165) is 23.2 Å². The van der Waals surface area contributed by atoms with Crippen molar-refractivity contribution >= 4 is 15.9 Å². The maximum atomic E-state index is 13.5. The third-order valence-electron chi connectivity index (χ3n) is 3.50. The van der Waals surface area contributed by atoms with E-state index in [9.17, 15) is 8.78 Å². The van der Waals surface area contributed by atoms with Crippen molar-refractivity contribution in [2.75, 3.05) is 6.54 Å². The maximum Gasteiger partial charge on any atom is 0.248 e. The monoisotopic (exact) mass is 321 g/mol. The van der Waals surface area contributed by atoms with E-state index in [2.05, 4.69) is 21.2 Å². The minimum atomic E-state index is -2.53. The average Bonchev–Trinajstić information content (AvgIpc) is 2.71. The number of nitrogens with one attached hydrogen (secondary N) is 1. The highest BCUT2D eigenvalue weighted by Gasteiger charge is 2.40. The molecule has 1 N–H and O–H groups in total. The van der Waals surface area contributed by atoms with E-state index in [0.29, 0.717) is 6.42 Å². The fraction of sp³-hybridized carbons (Fsp3) is 0.692. The molecule has 1 aliphatic carbocycles. The summed E-state index contributed by atoms with van der Waals surface area (Å²) in [5.74, 6) is -1.87. The second-order valence-electron chi connectivity index (χ2n) is 4.88. The van der Waals surface area contributed by atoms with E-state index >= 15 is 0 Å². The fourth-order valence-electron chi connectivity index (χ4n) is 2.72. The van der Waals surface area contributed by atoms with Crippen molar-refractivity contribution in [3.05, 3.63) is 22.6 Å². The van der Waals surface area contributed by atoms with Gasteiger partial charge in [0.25, 0.3) is 0 Å². The average molecular weight is 322 g/mol. The van der Waals surface area contributed by atoms with Crippen LogP contribution in [0.2, 0.25) is 0 Å². The van der Waals surface area contributed by atoms with Crippen LogP contribution in [-0.2, 0) is 0 Å². The molecule has 0 aliphatic heterocycles. The van der Waals surface area contributed by atoms with Gasteiger partial charge in [0.1, 0.15) is 5.76 Å². The summed E-state index contributed by atoms with van der Waals surface area (Å²) in [6.45, 7) is 2.71. The summed E-state index contributed by atoms with van der Waals surface area (Å²) in [5, 5.41) is 3.28. The molecule has 1 aliphatic rings. The summed E-state index contributed by atoms with van der Waals surface area (Å²) in [6, 6.07) is 1.67. The topological polar surface area (TPSA) is 25.2 Å². The Kier molecular flexibility index (Phi) is 4.43. The van der Waals surface area contributed by atoms with Crippen LogP contribution in [0.5, 0.6) is 0 Å². The standard InChI is InChI=1S/C13H18BrF2NO/c1-2-17-11(12-10(14)5-7-18-12)9-4-3-6-13(15,16)8-9/h5,7,9,11,17H,2-4,6,8H2,1H3. The van der Waals surface area contributed by atoms with Gasteiger partial charge in [-0.2, -0.15) is 0 Å². The van der Waals surface area contributed by atoms with Crippen molar-refractivity contribution in [2.24, 2.45) is 5.92 Å². The zero-order valence-corrected chi connectivity index (χ0v) is 12.0. The molecule has 1 aromatic heterocycles. The van der Waals surface area contributed by atoms with Crippen LogP contribution in [0.4, 0.5) is 8.78 Å². The highest BCUT2D eigenvalue weighted by atomic mass is 79.9. The quantitative estimate of drug-likeness (QED) is 0.882. The smallest absolute Gasteiger partial charge is 0.248 e. The van der Waals surface area contributed by atoms with Gasteiger partial charge < -0.3 is 9.73 Å². The summed E-state index contributed by atoms with van der Waals surface area (Å²) in [7, 11) is 0. The minimum Gasteiger partial charge on any atom is -0.466 e. The van der Waals surface area contributed by atoms with E-state index in [1.165, 1.54) is 0 Å². The summed E-state index contributed by atoms with van der Waals surface area (Å²) in [5.41, 5.74) is 0. The van der Waals surface area contributed by atoms with Gasteiger partial charge in [0, 0.05) is 12.8 Å². The van der Waals surface area contributed by atoms with Gasteiger partial charge in [0.2, 0.25) is 5.92 Å². The van der Waals surface area contributed by atoms with Gasteiger partial charge in [0.15, 0.2) is 0 Å². The molecule has 0 spiro atoms. The molecule has 2 rings (SSSR count). The number of rotatable bonds is 4. The Labute approximate surface area is 114 Å². The van der Waals surface area contributed by atoms with Crippen molar-refractivity contribution < 1.29 is 13.2 Å². The normalized spacial score (nSPS) is 25.0. The first kappa shape index (κ1) is 14.0. The zero-order valence-electron chi connectivity index (χ0n) is 10.4. The van der Waals surface area contributed by atoms with Gasteiger partial charge in [0.05, 0.1) is 16.8 Å². The van der Waals surface area contributed by atoms with Gasteiger partial charge in [-0.1, -0.05) is 6.92 Å². The van der Waals surface area contributed by atoms with Gasteiger partial charge in [-0.05, 0) is 47.3 Å². The molecule has 1 heterocycles. The van der Waals surface area contributed by atoms with Gasteiger partial charge >= 0.3 is 0 Å². The van der Waals surface area contributed by atoms with E-state index < -0.39 is 5.92 Å². The minimum absolute atomic E-state index is 0.0155. The SMILES string of the molecule is CCNC(c1occc1Br)C1CCCC(F)(F)C1. The van der Waals surface area contributed by atoms with Crippen molar-refractivity contribution in [1.82, 2.24) is 5.32 Å². The lowest BCUT2D eigenvalue weighted by Crippen LogP contribution is -2.35. The molecule has 102 valence electrons. The van der Waals surface area contributed by atoms with E-state index in [1.807, 2.05) is 6.92 Å². The van der Waals surface area contributed by atoms with Crippen molar-refractivity contribution in [2.45, 2.75) is 44.6 Å².